The molecule has 1 aromatic rings. The van der Waals surface area contributed by atoms with Crippen LogP contribution in [-0.4, -0.2) is 19.5 Å². The summed E-state index contributed by atoms with van der Waals surface area (Å²) in [5.74, 6) is 1.22. The lowest BCUT2D eigenvalue weighted by molar-refractivity contribution is -0.115. The minimum atomic E-state index is -0.735. The normalized spacial score (nSPS) is 11.1. The zero-order chi connectivity index (χ0) is 12.3. The molecular formula is C12H15ClO3. The molecule has 16 heavy (non-hydrogen) atoms. The first-order valence-electron chi connectivity index (χ1n) is 4.86. The third-order valence-electron chi connectivity index (χ3n) is 2.60. The Morgan fingerprint density at radius 3 is 2.19 bits per heavy atom. The molecule has 0 saturated heterocycles. The van der Waals surface area contributed by atoms with Crippen LogP contribution in [0.4, 0.5) is 0 Å². The number of hydrogen-bond acceptors (Lipinski definition) is 3. The maximum atomic E-state index is 11.3. The largest absolute Gasteiger partial charge is 0.493 e. The molecule has 1 rings (SSSR count). The number of ether oxygens (including phenoxy) is 2. The predicted molar refractivity (Wildman–Crippen MR) is 63.4 cm³/mol. The fourth-order valence-corrected chi connectivity index (χ4v) is 1.45. The Bertz CT molecular complexity index is 399. The van der Waals surface area contributed by atoms with Crippen LogP contribution in [0.3, 0.4) is 0 Å². The average Bonchev–Trinajstić information content (AvgIpc) is 2.27. The summed E-state index contributed by atoms with van der Waals surface area (Å²) in [6.07, 6.45) is 0. The van der Waals surface area contributed by atoms with Gasteiger partial charge in [-0.3, -0.25) is 4.79 Å². The van der Waals surface area contributed by atoms with E-state index < -0.39 is 10.7 Å². The van der Waals surface area contributed by atoms with Crippen molar-refractivity contribution in [3.8, 4) is 11.5 Å². The Hall–Kier alpha value is -1.22. The van der Waals surface area contributed by atoms with Gasteiger partial charge in [0, 0.05) is 0 Å². The summed E-state index contributed by atoms with van der Waals surface area (Å²) in [6, 6.07) is 5.33. The Morgan fingerprint density at radius 1 is 1.19 bits per heavy atom. The highest BCUT2D eigenvalue weighted by Gasteiger charge is 2.29. The zero-order valence-electron chi connectivity index (χ0n) is 9.83. The van der Waals surface area contributed by atoms with Crippen LogP contribution in [0.5, 0.6) is 11.5 Å². The van der Waals surface area contributed by atoms with Gasteiger partial charge < -0.3 is 9.47 Å². The van der Waals surface area contributed by atoms with E-state index in [0.29, 0.717) is 11.5 Å². The number of methoxy groups -OCH3 is 2. The van der Waals surface area contributed by atoms with Crippen LogP contribution >= 0.6 is 11.6 Å². The SMILES string of the molecule is COc1ccc(C(C)(C)C(=O)Cl)cc1OC. The molecule has 0 heterocycles. The van der Waals surface area contributed by atoms with E-state index in [-0.39, 0.29) is 0 Å². The second-order valence-corrected chi connectivity index (χ2v) is 4.31. The third kappa shape index (κ3) is 2.30. The molecule has 88 valence electrons. The minimum Gasteiger partial charge on any atom is -0.493 e. The molecule has 0 unspecified atom stereocenters. The van der Waals surface area contributed by atoms with Crippen LogP contribution in [0.15, 0.2) is 18.2 Å². The Morgan fingerprint density at radius 2 is 1.75 bits per heavy atom. The monoisotopic (exact) mass is 242 g/mol. The molecular weight excluding hydrogens is 228 g/mol. The summed E-state index contributed by atoms with van der Waals surface area (Å²) in [7, 11) is 3.12. The maximum Gasteiger partial charge on any atom is 0.231 e. The van der Waals surface area contributed by atoms with Crippen molar-refractivity contribution in [1.29, 1.82) is 0 Å². The van der Waals surface area contributed by atoms with E-state index in [1.54, 1.807) is 40.2 Å². The number of halogens is 1. The predicted octanol–water partition coefficient (Wildman–Crippen LogP) is 2.75. The molecule has 0 aliphatic heterocycles. The highest BCUT2D eigenvalue weighted by atomic mass is 35.5. The number of carbonyl (C=O) groups is 1. The van der Waals surface area contributed by atoms with Gasteiger partial charge in [0.05, 0.1) is 19.6 Å². The third-order valence-corrected chi connectivity index (χ3v) is 3.07. The Balaban J connectivity index is 3.23. The van der Waals surface area contributed by atoms with Crippen LogP contribution in [-0.2, 0) is 10.2 Å². The van der Waals surface area contributed by atoms with Crippen molar-refractivity contribution in [3.63, 3.8) is 0 Å². The number of carbonyl (C=O) groups excluding carboxylic acids is 1. The molecule has 0 radical (unpaired) electrons. The highest BCUT2D eigenvalue weighted by Crippen LogP contribution is 2.34. The van der Waals surface area contributed by atoms with Crippen LogP contribution in [0.2, 0.25) is 0 Å². The van der Waals surface area contributed by atoms with Gasteiger partial charge in [-0.1, -0.05) is 6.07 Å². The lowest BCUT2D eigenvalue weighted by Gasteiger charge is -2.21. The molecule has 0 spiro atoms. The van der Waals surface area contributed by atoms with Crippen molar-refractivity contribution in [2.24, 2.45) is 0 Å². The molecule has 3 nitrogen and oxygen atoms in total. The van der Waals surface area contributed by atoms with E-state index in [0.717, 1.165) is 5.56 Å². The van der Waals surface area contributed by atoms with Crippen LogP contribution in [0.1, 0.15) is 19.4 Å². The topological polar surface area (TPSA) is 35.5 Å². The molecule has 1 aromatic carbocycles. The van der Waals surface area contributed by atoms with E-state index >= 15 is 0 Å². The second kappa shape index (κ2) is 4.74. The van der Waals surface area contributed by atoms with Crippen molar-refractivity contribution >= 4 is 16.8 Å². The molecule has 0 bridgehead atoms. The number of rotatable bonds is 4. The number of benzene rings is 1. The zero-order valence-corrected chi connectivity index (χ0v) is 10.6. The van der Waals surface area contributed by atoms with Crippen molar-refractivity contribution < 1.29 is 14.3 Å². The van der Waals surface area contributed by atoms with Crippen molar-refractivity contribution in [2.75, 3.05) is 14.2 Å². The van der Waals surface area contributed by atoms with Crippen molar-refractivity contribution in [1.82, 2.24) is 0 Å². The summed E-state index contributed by atoms with van der Waals surface area (Å²) in [5.41, 5.74) is 0.0614. The van der Waals surface area contributed by atoms with Crippen molar-refractivity contribution in [3.05, 3.63) is 23.8 Å². The molecule has 0 aliphatic carbocycles. The van der Waals surface area contributed by atoms with E-state index in [2.05, 4.69) is 0 Å². The molecule has 0 atom stereocenters. The minimum absolute atomic E-state index is 0.403. The molecule has 0 aromatic heterocycles. The van der Waals surface area contributed by atoms with Gasteiger partial charge in [-0.2, -0.15) is 0 Å². The number of hydrogen-bond donors (Lipinski definition) is 0. The van der Waals surface area contributed by atoms with Gasteiger partial charge in [-0.15, -0.1) is 0 Å². The van der Waals surface area contributed by atoms with Gasteiger partial charge in [-0.05, 0) is 43.1 Å². The van der Waals surface area contributed by atoms with Crippen molar-refractivity contribution in [2.45, 2.75) is 19.3 Å². The smallest absolute Gasteiger partial charge is 0.231 e. The second-order valence-electron chi connectivity index (χ2n) is 3.97. The molecule has 4 heteroatoms. The first kappa shape index (κ1) is 12.8. The molecule has 0 aliphatic rings. The molecule has 0 fully saturated rings. The molecule has 0 amide bonds. The van der Waals surface area contributed by atoms with Crippen LogP contribution in [0, 0.1) is 0 Å². The Labute approximate surface area is 100 Å². The van der Waals surface area contributed by atoms with E-state index in [1.807, 2.05) is 6.07 Å². The van der Waals surface area contributed by atoms with Crippen LogP contribution < -0.4 is 9.47 Å². The summed E-state index contributed by atoms with van der Waals surface area (Å²) in [6.45, 7) is 3.53. The van der Waals surface area contributed by atoms with Gasteiger partial charge in [-0.25, -0.2) is 0 Å². The van der Waals surface area contributed by atoms with E-state index in [1.165, 1.54) is 0 Å². The lowest BCUT2D eigenvalue weighted by atomic mass is 9.86. The standard InChI is InChI=1S/C12H15ClO3/c1-12(2,11(13)14)8-5-6-9(15-3)10(7-8)16-4/h5-7H,1-4H3. The van der Waals surface area contributed by atoms with E-state index in [9.17, 15) is 4.79 Å². The first-order valence-corrected chi connectivity index (χ1v) is 5.23. The molecule has 0 saturated carbocycles. The fourth-order valence-electron chi connectivity index (χ4n) is 1.34. The van der Waals surface area contributed by atoms with Gasteiger partial charge in [0.2, 0.25) is 5.24 Å². The van der Waals surface area contributed by atoms with Gasteiger partial charge in [0.1, 0.15) is 0 Å². The Kier molecular flexibility index (Phi) is 3.81. The molecule has 0 N–H and O–H groups in total. The summed E-state index contributed by atoms with van der Waals surface area (Å²) in [4.78, 5) is 11.3. The summed E-state index contributed by atoms with van der Waals surface area (Å²) in [5, 5.41) is -0.403. The lowest BCUT2D eigenvalue weighted by Crippen LogP contribution is -2.24. The van der Waals surface area contributed by atoms with Gasteiger partial charge >= 0.3 is 0 Å². The first-order chi connectivity index (χ1) is 7.43. The van der Waals surface area contributed by atoms with Gasteiger partial charge in [0.15, 0.2) is 11.5 Å². The fraction of sp³-hybridized carbons (Fsp3) is 0.417. The van der Waals surface area contributed by atoms with E-state index in [4.69, 9.17) is 21.1 Å². The van der Waals surface area contributed by atoms with Gasteiger partial charge in [0.25, 0.3) is 0 Å². The maximum absolute atomic E-state index is 11.3. The highest BCUT2D eigenvalue weighted by molar-refractivity contribution is 6.65. The quantitative estimate of drug-likeness (QED) is 0.762. The average molecular weight is 243 g/mol. The summed E-state index contributed by atoms with van der Waals surface area (Å²) < 4.78 is 10.3. The van der Waals surface area contributed by atoms with Crippen LogP contribution in [0.25, 0.3) is 0 Å². The summed E-state index contributed by atoms with van der Waals surface area (Å²) >= 11 is 5.56.